The van der Waals surface area contributed by atoms with Gasteiger partial charge in [-0.25, -0.2) is 18.1 Å². The predicted molar refractivity (Wildman–Crippen MR) is 86.4 cm³/mol. The Balaban J connectivity index is 2.29. The predicted octanol–water partition coefficient (Wildman–Crippen LogP) is 2.56. The van der Waals surface area contributed by atoms with E-state index in [1.807, 2.05) is 37.4 Å². The zero-order valence-electron chi connectivity index (χ0n) is 12.5. The lowest BCUT2D eigenvalue weighted by atomic mass is 10.2. The van der Waals surface area contributed by atoms with Crippen LogP contribution in [0.2, 0.25) is 0 Å². The molecular weight excluding hydrogens is 306 g/mol. The van der Waals surface area contributed by atoms with E-state index in [-0.39, 0.29) is 10.9 Å². The number of nitrogens with one attached hydrogen (secondary N) is 1. The van der Waals surface area contributed by atoms with E-state index in [9.17, 15) is 8.42 Å². The van der Waals surface area contributed by atoms with Crippen LogP contribution in [-0.2, 0) is 10.0 Å². The molecule has 0 aliphatic heterocycles. The van der Waals surface area contributed by atoms with E-state index >= 15 is 0 Å². The number of benzene rings is 1. The molecule has 1 N–H and O–H groups in total. The molecule has 1 aromatic heterocycles. The molecule has 0 fully saturated rings. The summed E-state index contributed by atoms with van der Waals surface area (Å²) in [6.07, 6.45) is 1.67. The highest BCUT2D eigenvalue weighted by Gasteiger charge is 2.20. The molecule has 5 nitrogen and oxygen atoms in total. The molecule has 2 aromatic rings. The number of thiazole rings is 1. The van der Waals surface area contributed by atoms with Crippen molar-refractivity contribution in [1.82, 2.24) is 9.71 Å². The van der Waals surface area contributed by atoms with Gasteiger partial charge >= 0.3 is 0 Å². The second-order valence-corrected chi connectivity index (χ2v) is 7.70. The minimum absolute atomic E-state index is 0.264. The molecule has 0 spiro atoms. The molecule has 0 aliphatic rings. The number of hydrogen-bond acceptors (Lipinski definition) is 5. The van der Waals surface area contributed by atoms with Crippen molar-refractivity contribution in [3.63, 3.8) is 0 Å². The van der Waals surface area contributed by atoms with Gasteiger partial charge in [-0.15, -0.1) is 11.3 Å². The highest BCUT2D eigenvalue weighted by Crippen LogP contribution is 2.24. The first-order valence-electron chi connectivity index (χ1n) is 6.51. The van der Waals surface area contributed by atoms with Crippen LogP contribution in [0.5, 0.6) is 0 Å². The molecule has 1 aromatic carbocycles. The third-order valence-electron chi connectivity index (χ3n) is 3.13. The fraction of sp³-hybridized carbons (Fsp3) is 0.357. The number of aromatic nitrogens is 1. The molecule has 0 bridgehead atoms. The summed E-state index contributed by atoms with van der Waals surface area (Å²) in [4.78, 5) is 6.30. The van der Waals surface area contributed by atoms with Gasteiger partial charge in [0.1, 0.15) is 5.01 Å². The van der Waals surface area contributed by atoms with Gasteiger partial charge in [-0.1, -0.05) is 6.07 Å². The average Bonchev–Trinajstić information content (AvgIpc) is 2.92. The van der Waals surface area contributed by atoms with Gasteiger partial charge in [-0.2, -0.15) is 0 Å². The highest BCUT2D eigenvalue weighted by molar-refractivity contribution is 7.89. The van der Waals surface area contributed by atoms with Gasteiger partial charge in [0.05, 0.1) is 10.9 Å². The number of rotatable bonds is 5. The summed E-state index contributed by atoms with van der Waals surface area (Å²) >= 11 is 1.43. The van der Waals surface area contributed by atoms with Crippen molar-refractivity contribution in [2.24, 2.45) is 0 Å². The van der Waals surface area contributed by atoms with Crippen molar-refractivity contribution in [1.29, 1.82) is 0 Å². The molecule has 21 heavy (non-hydrogen) atoms. The lowest BCUT2D eigenvalue weighted by Gasteiger charge is -2.18. The summed E-state index contributed by atoms with van der Waals surface area (Å²) in [7, 11) is 0.218. The Morgan fingerprint density at radius 2 is 2.05 bits per heavy atom. The Hall–Kier alpha value is -1.44. The van der Waals surface area contributed by atoms with E-state index in [2.05, 4.69) is 9.71 Å². The van der Waals surface area contributed by atoms with Crippen LogP contribution in [0.4, 0.5) is 5.69 Å². The summed E-state index contributed by atoms with van der Waals surface area (Å²) in [5.74, 6) is 0. The van der Waals surface area contributed by atoms with Crippen LogP contribution < -0.4 is 9.62 Å². The summed E-state index contributed by atoms with van der Waals surface area (Å²) in [5.41, 5.74) is 1.92. The topological polar surface area (TPSA) is 62.3 Å². The van der Waals surface area contributed by atoms with E-state index < -0.39 is 10.0 Å². The van der Waals surface area contributed by atoms with Crippen molar-refractivity contribution in [2.45, 2.75) is 24.8 Å². The van der Waals surface area contributed by atoms with Crippen LogP contribution in [0, 0.1) is 6.92 Å². The maximum atomic E-state index is 12.5. The molecule has 0 unspecified atom stereocenters. The first kappa shape index (κ1) is 15.9. The monoisotopic (exact) mass is 325 g/mol. The number of nitrogens with zero attached hydrogens (tertiary/aromatic N) is 2. The third-order valence-corrected chi connectivity index (χ3v) is 5.62. The number of anilines is 1. The lowest BCUT2D eigenvalue weighted by Crippen LogP contribution is -2.27. The van der Waals surface area contributed by atoms with E-state index in [0.717, 1.165) is 16.3 Å². The van der Waals surface area contributed by atoms with Gasteiger partial charge in [-0.3, -0.25) is 0 Å². The normalized spacial score (nSPS) is 13.1. The molecule has 0 saturated heterocycles. The molecular formula is C14H19N3O2S2. The van der Waals surface area contributed by atoms with E-state index in [0.29, 0.717) is 0 Å². The van der Waals surface area contributed by atoms with Crippen molar-refractivity contribution < 1.29 is 8.42 Å². The number of sulfonamides is 1. The Kier molecular flexibility index (Phi) is 4.65. The molecule has 0 aliphatic carbocycles. The van der Waals surface area contributed by atoms with Gasteiger partial charge in [0.2, 0.25) is 10.0 Å². The second-order valence-electron chi connectivity index (χ2n) is 5.06. The second kappa shape index (κ2) is 6.13. The SMILES string of the molecule is Cc1ccc(S(=O)(=O)N[C@@H](C)c2nccs2)cc1N(C)C. The Labute approximate surface area is 129 Å². The van der Waals surface area contributed by atoms with Gasteiger partial charge in [0, 0.05) is 31.4 Å². The van der Waals surface area contributed by atoms with Crippen molar-refractivity contribution in [3.05, 3.63) is 40.3 Å². The van der Waals surface area contributed by atoms with Crippen LogP contribution in [-0.4, -0.2) is 27.5 Å². The first-order valence-corrected chi connectivity index (χ1v) is 8.87. The minimum atomic E-state index is -3.57. The van der Waals surface area contributed by atoms with Crippen LogP contribution in [0.25, 0.3) is 0 Å². The van der Waals surface area contributed by atoms with Crippen LogP contribution in [0.3, 0.4) is 0 Å². The number of aryl methyl sites for hydroxylation is 1. The van der Waals surface area contributed by atoms with Gasteiger partial charge in [0.15, 0.2) is 0 Å². The fourth-order valence-corrected chi connectivity index (χ4v) is 3.99. The lowest BCUT2D eigenvalue weighted by molar-refractivity contribution is 0.566. The zero-order valence-corrected chi connectivity index (χ0v) is 14.1. The first-order chi connectivity index (χ1) is 9.81. The highest BCUT2D eigenvalue weighted by atomic mass is 32.2. The smallest absolute Gasteiger partial charge is 0.241 e. The molecule has 7 heteroatoms. The summed E-state index contributed by atoms with van der Waals surface area (Å²) in [5, 5.41) is 2.58. The molecule has 0 saturated carbocycles. The van der Waals surface area contributed by atoms with Crippen molar-refractivity contribution in [3.8, 4) is 0 Å². The molecule has 114 valence electrons. The summed E-state index contributed by atoms with van der Waals surface area (Å²) < 4.78 is 27.6. The fourth-order valence-electron chi connectivity index (χ4n) is 2.04. The van der Waals surface area contributed by atoms with Gasteiger partial charge in [0.25, 0.3) is 0 Å². The van der Waals surface area contributed by atoms with Crippen LogP contribution in [0.1, 0.15) is 23.5 Å². The quantitative estimate of drug-likeness (QED) is 0.918. The molecule has 0 radical (unpaired) electrons. The Morgan fingerprint density at radius 1 is 1.33 bits per heavy atom. The van der Waals surface area contributed by atoms with Gasteiger partial charge < -0.3 is 4.90 Å². The Morgan fingerprint density at radius 3 is 2.62 bits per heavy atom. The number of hydrogen-bond donors (Lipinski definition) is 1. The summed E-state index contributed by atoms with van der Waals surface area (Å²) in [6, 6.07) is 4.78. The van der Waals surface area contributed by atoms with Gasteiger partial charge in [-0.05, 0) is 31.5 Å². The maximum Gasteiger partial charge on any atom is 0.241 e. The van der Waals surface area contributed by atoms with Crippen LogP contribution in [0.15, 0.2) is 34.7 Å². The third kappa shape index (κ3) is 3.61. The molecule has 2 rings (SSSR count). The Bertz CT molecular complexity index is 710. The van der Waals surface area contributed by atoms with Crippen molar-refractivity contribution >= 4 is 27.0 Å². The largest absolute Gasteiger partial charge is 0.377 e. The molecule has 1 heterocycles. The van der Waals surface area contributed by atoms with Crippen molar-refractivity contribution in [2.75, 3.05) is 19.0 Å². The van der Waals surface area contributed by atoms with E-state index in [1.165, 1.54) is 11.3 Å². The summed E-state index contributed by atoms with van der Waals surface area (Å²) in [6.45, 7) is 3.74. The minimum Gasteiger partial charge on any atom is -0.377 e. The van der Waals surface area contributed by atoms with Crippen LogP contribution >= 0.6 is 11.3 Å². The molecule has 1 atom stereocenters. The van der Waals surface area contributed by atoms with E-state index in [4.69, 9.17) is 0 Å². The zero-order chi connectivity index (χ0) is 15.6. The average molecular weight is 325 g/mol. The van der Waals surface area contributed by atoms with E-state index in [1.54, 1.807) is 25.3 Å². The standard InChI is InChI=1S/C14H19N3O2S2/c1-10-5-6-12(9-13(10)17(3)4)21(18,19)16-11(2)14-15-7-8-20-14/h5-9,11,16H,1-4H3/t11-/m0/s1. The molecule has 0 amide bonds. The maximum absolute atomic E-state index is 12.5.